The second-order valence-corrected chi connectivity index (χ2v) is 4.47. The van der Waals surface area contributed by atoms with Gasteiger partial charge in [0, 0.05) is 13.2 Å². The summed E-state index contributed by atoms with van der Waals surface area (Å²) in [5.74, 6) is -1.06. The van der Waals surface area contributed by atoms with Crippen LogP contribution < -0.4 is 5.69 Å². The van der Waals surface area contributed by atoms with Gasteiger partial charge in [-0.3, -0.25) is 9.25 Å². The smallest absolute Gasteiger partial charge is 0.337 e. The minimum Gasteiger partial charge on any atom is -0.478 e. The highest BCUT2D eigenvalue weighted by Crippen LogP contribution is 2.17. The van der Waals surface area contributed by atoms with E-state index in [1.807, 2.05) is 0 Å². The fourth-order valence-electron chi connectivity index (χ4n) is 2.26. The molecular formula is C13H12N4O3. The van der Waals surface area contributed by atoms with Crippen LogP contribution in [-0.4, -0.2) is 30.4 Å². The van der Waals surface area contributed by atoms with Gasteiger partial charge in [0.1, 0.15) is 0 Å². The monoisotopic (exact) mass is 272 g/mol. The maximum absolute atomic E-state index is 12.0. The van der Waals surface area contributed by atoms with Crippen LogP contribution in [0.4, 0.5) is 0 Å². The summed E-state index contributed by atoms with van der Waals surface area (Å²) in [4.78, 5) is 26.0. The van der Waals surface area contributed by atoms with Crippen LogP contribution in [0.25, 0.3) is 11.0 Å². The Balaban J connectivity index is 2.24. The van der Waals surface area contributed by atoms with Gasteiger partial charge in [-0.2, -0.15) is 5.10 Å². The van der Waals surface area contributed by atoms with Gasteiger partial charge in [0.25, 0.3) is 0 Å². The number of nitrogens with zero attached hydrogens (tertiary/aromatic N) is 3. The van der Waals surface area contributed by atoms with E-state index in [0.29, 0.717) is 11.0 Å². The second kappa shape index (κ2) is 4.37. The largest absolute Gasteiger partial charge is 0.478 e. The molecule has 20 heavy (non-hydrogen) atoms. The molecule has 0 bridgehead atoms. The SMILES string of the molecule is Cn1nccc1Cn1c(=O)[nH]c2cccc(C(=O)O)c21. The highest BCUT2D eigenvalue weighted by atomic mass is 16.4. The van der Waals surface area contributed by atoms with Crippen LogP contribution in [0.1, 0.15) is 16.1 Å². The van der Waals surface area contributed by atoms with Crippen LogP contribution in [0.5, 0.6) is 0 Å². The molecule has 7 nitrogen and oxygen atoms in total. The lowest BCUT2D eigenvalue weighted by Gasteiger charge is -2.06. The van der Waals surface area contributed by atoms with Crippen molar-refractivity contribution >= 4 is 17.0 Å². The standard InChI is InChI=1S/C13H12N4O3/c1-16-8(5-6-14-16)7-17-11-9(12(18)19)3-2-4-10(11)15-13(17)20/h2-6H,7H2,1H3,(H,15,20)(H,18,19). The molecule has 1 aromatic carbocycles. The van der Waals surface area contributed by atoms with Crippen LogP contribution in [0, 0.1) is 0 Å². The fraction of sp³-hybridized carbons (Fsp3) is 0.154. The molecule has 0 fully saturated rings. The van der Waals surface area contributed by atoms with Gasteiger partial charge >= 0.3 is 11.7 Å². The van der Waals surface area contributed by atoms with E-state index < -0.39 is 5.97 Å². The van der Waals surface area contributed by atoms with E-state index in [4.69, 9.17) is 0 Å². The van der Waals surface area contributed by atoms with Crippen molar-refractivity contribution in [1.29, 1.82) is 0 Å². The average Bonchev–Trinajstić information content (AvgIpc) is 2.94. The number of imidazole rings is 1. The number of carboxylic acid groups (broad SMARTS) is 1. The molecule has 0 amide bonds. The number of aryl methyl sites for hydroxylation is 1. The summed E-state index contributed by atoms with van der Waals surface area (Å²) in [6.07, 6.45) is 1.63. The molecule has 0 unspecified atom stereocenters. The van der Waals surface area contributed by atoms with E-state index in [2.05, 4.69) is 10.1 Å². The summed E-state index contributed by atoms with van der Waals surface area (Å²) in [6, 6.07) is 6.56. The summed E-state index contributed by atoms with van der Waals surface area (Å²) in [5, 5.41) is 13.3. The number of hydrogen-bond donors (Lipinski definition) is 2. The normalized spacial score (nSPS) is 11.1. The van der Waals surface area contributed by atoms with Crippen molar-refractivity contribution in [2.45, 2.75) is 6.54 Å². The van der Waals surface area contributed by atoms with E-state index >= 15 is 0 Å². The van der Waals surface area contributed by atoms with E-state index in [1.54, 1.807) is 36.1 Å². The zero-order chi connectivity index (χ0) is 14.3. The zero-order valence-corrected chi connectivity index (χ0v) is 10.7. The highest BCUT2D eigenvalue weighted by molar-refractivity contribution is 6.01. The molecular weight excluding hydrogens is 260 g/mol. The molecule has 0 saturated carbocycles. The van der Waals surface area contributed by atoms with Crippen molar-refractivity contribution in [3.63, 3.8) is 0 Å². The molecule has 0 atom stereocenters. The second-order valence-electron chi connectivity index (χ2n) is 4.47. The molecule has 0 spiro atoms. The number of carbonyl (C=O) groups is 1. The van der Waals surface area contributed by atoms with Crippen molar-refractivity contribution < 1.29 is 9.90 Å². The first kappa shape index (κ1) is 12.2. The van der Waals surface area contributed by atoms with Crippen molar-refractivity contribution in [1.82, 2.24) is 19.3 Å². The highest BCUT2D eigenvalue weighted by Gasteiger charge is 2.16. The molecule has 7 heteroatoms. The Hall–Kier alpha value is -2.83. The van der Waals surface area contributed by atoms with Gasteiger partial charge in [-0.25, -0.2) is 9.59 Å². The van der Waals surface area contributed by atoms with E-state index in [-0.39, 0.29) is 17.8 Å². The summed E-state index contributed by atoms with van der Waals surface area (Å²) >= 11 is 0. The maximum Gasteiger partial charge on any atom is 0.337 e. The lowest BCUT2D eigenvalue weighted by atomic mass is 10.2. The topological polar surface area (TPSA) is 92.9 Å². The number of H-pyrrole nitrogens is 1. The fourth-order valence-corrected chi connectivity index (χ4v) is 2.26. The number of rotatable bonds is 3. The third-order valence-corrected chi connectivity index (χ3v) is 3.27. The maximum atomic E-state index is 12.0. The molecule has 3 aromatic rings. The number of fused-ring (bicyclic) bond motifs is 1. The molecule has 0 radical (unpaired) electrons. The summed E-state index contributed by atoms with van der Waals surface area (Å²) < 4.78 is 3.06. The number of nitrogens with one attached hydrogen (secondary N) is 1. The molecule has 2 heterocycles. The van der Waals surface area contributed by atoms with Crippen molar-refractivity contribution in [3.05, 3.63) is 52.2 Å². The minimum atomic E-state index is -1.06. The first-order valence-corrected chi connectivity index (χ1v) is 5.99. The quantitative estimate of drug-likeness (QED) is 0.738. The molecule has 102 valence electrons. The molecule has 0 aliphatic heterocycles. The summed E-state index contributed by atoms with van der Waals surface area (Å²) in [7, 11) is 1.77. The summed E-state index contributed by atoms with van der Waals surface area (Å²) in [5.41, 5.74) is 1.48. The van der Waals surface area contributed by atoms with Gasteiger partial charge in [-0.05, 0) is 18.2 Å². The van der Waals surface area contributed by atoms with E-state index in [1.165, 1.54) is 10.6 Å². The Morgan fingerprint density at radius 2 is 2.20 bits per heavy atom. The minimum absolute atomic E-state index is 0.100. The number of benzene rings is 1. The Bertz CT molecular complexity index is 856. The van der Waals surface area contributed by atoms with E-state index in [0.717, 1.165) is 5.69 Å². The predicted molar refractivity (Wildman–Crippen MR) is 71.8 cm³/mol. The van der Waals surface area contributed by atoms with Crippen LogP contribution in [0.15, 0.2) is 35.3 Å². The van der Waals surface area contributed by atoms with Gasteiger partial charge in [0.05, 0.1) is 28.8 Å². The van der Waals surface area contributed by atoms with Crippen LogP contribution >= 0.6 is 0 Å². The Labute approximate surface area is 113 Å². The average molecular weight is 272 g/mol. The van der Waals surface area contributed by atoms with Crippen molar-refractivity contribution in [2.24, 2.45) is 7.05 Å². The zero-order valence-electron chi connectivity index (χ0n) is 10.7. The number of aromatic nitrogens is 4. The number of aromatic carboxylic acids is 1. The Morgan fingerprint density at radius 1 is 1.40 bits per heavy atom. The third-order valence-electron chi connectivity index (χ3n) is 3.27. The molecule has 3 rings (SSSR count). The van der Waals surface area contributed by atoms with Gasteiger partial charge in [-0.1, -0.05) is 6.07 Å². The van der Waals surface area contributed by atoms with Crippen molar-refractivity contribution in [3.8, 4) is 0 Å². The lowest BCUT2D eigenvalue weighted by molar-refractivity contribution is 0.0698. The molecule has 0 aliphatic carbocycles. The van der Waals surface area contributed by atoms with E-state index in [9.17, 15) is 14.7 Å². The van der Waals surface area contributed by atoms with Crippen molar-refractivity contribution in [2.75, 3.05) is 0 Å². The van der Waals surface area contributed by atoms with Gasteiger partial charge in [0.2, 0.25) is 0 Å². The molecule has 0 saturated heterocycles. The molecule has 2 N–H and O–H groups in total. The molecule has 2 aromatic heterocycles. The molecule has 0 aliphatic rings. The van der Waals surface area contributed by atoms with Crippen LogP contribution in [-0.2, 0) is 13.6 Å². The van der Waals surface area contributed by atoms with Gasteiger partial charge < -0.3 is 10.1 Å². The van der Waals surface area contributed by atoms with Gasteiger partial charge in [0.15, 0.2) is 0 Å². The first-order chi connectivity index (χ1) is 9.58. The Kier molecular flexibility index (Phi) is 2.67. The number of carboxylic acids is 1. The van der Waals surface area contributed by atoms with Crippen LogP contribution in [0.3, 0.4) is 0 Å². The number of hydrogen-bond acceptors (Lipinski definition) is 3. The predicted octanol–water partition coefficient (Wildman–Crippen LogP) is 0.810. The number of para-hydroxylation sites is 1. The first-order valence-electron chi connectivity index (χ1n) is 5.99. The lowest BCUT2D eigenvalue weighted by Crippen LogP contribution is -2.19. The summed E-state index contributed by atoms with van der Waals surface area (Å²) in [6.45, 7) is 0.264. The Morgan fingerprint density at radius 3 is 2.85 bits per heavy atom. The third kappa shape index (κ3) is 1.80. The number of aromatic amines is 1. The van der Waals surface area contributed by atoms with Gasteiger partial charge in [-0.15, -0.1) is 0 Å². The van der Waals surface area contributed by atoms with Crippen LogP contribution in [0.2, 0.25) is 0 Å².